The first-order valence-electron chi connectivity index (χ1n) is 7.57. The molecule has 25 heavy (non-hydrogen) atoms. The Morgan fingerprint density at radius 3 is 2.16 bits per heavy atom. The molecular weight excluding hydrogens is 362 g/mol. The monoisotopic (exact) mass is 381 g/mol. The van der Waals surface area contributed by atoms with Crippen molar-refractivity contribution in [3.63, 3.8) is 0 Å². The summed E-state index contributed by atoms with van der Waals surface area (Å²) < 4.78 is 32.1. The van der Waals surface area contributed by atoms with Crippen molar-refractivity contribution in [2.75, 3.05) is 11.4 Å². The molecule has 0 saturated carbocycles. The minimum absolute atomic E-state index is 0.0274. The van der Waals surface area contributed by atoms with E-state index in [0.29, 0.717) is 5.75 Å². The molecule has 0 bridgehead atoms. The van der Waals surface area contributed by atoms with Crippen LogP contribution in [0.5, 0.6) is 5.75 Å². The molecule has 0 radical (unpaired) electrons. The van der Waals surface area contributed by atoms with Crippen molar-refractivity contribution in [2.24, 2.45) is 5.41 Å². The Morgan fingerprint density at radius 2 is 1.68 bits per heavy atom. The third-order valence-electron chi connectivity index (χ3n) is 3.48. The third-order valence-corrected chi connectivity index (χ3v) is 5.50. The lowest BCUT2D eigenvalue weighted by molar-refractivity contribution is -0.124. The van der Waals surface area contributed by atoms with Gasteiger partial charge in [-0.2, -0.15) is 0 Å². The van der Waals surface area contributed by atoms with Crippen molar-refractivity contribution < 1.29 is 17.9 Å². The van der Waals surface area contributed by atoms with Crippen molar-refractivity contribution in [2.45, 2.75) is 25.7 Å². The van der Waals surface area contributed by atoms with Crippen LogP contribution in [0.1, 0.15) is 20.8 Å². The fourth-order valence-corrected chi connectivity index (χ4v) is 4.00. The van der Waals surface area contributed by atoms with E-state index < -0.39 is 21.3 Å². The lowest BCUT2D eigenvalue weighted by atomic mass is 9.95. The molecule has 0 spiro atoms. The minimum atomic E-state index is -4.09. The average Bonchev–Trinajstić information content (AvgIpc) is 2.55. The zero-order valence-corrected chi connectivity index (χ0v) is 16.1. The Kier molecular flexibility index (Phi) is 5.44. The van der Waals surface area contributed by atoms with Gasteiger partial charge in [0.25, 0.3) is 10.0 Å². The van der Waals surface area contributed by atoms with Crippen molar-refractivity contribution in [3.8, 4) is 5.75 Å². The fraction of sp³-hybridized carbons (Fsp3) is 0.278. The summed E-state index contributed by atoms with van der Waals surface area (Å²) >= 11 is 6.13. The highest BCUT2D eigenvalue weighted by Gasteiger charge is 2.37. The maximum Gasteiger partial charge on any atom is 0.270 e. The number of ether oxygens (including phenoxy) is 1. The van der Waals surface area contributed by atoms with Crippen LogP contribution in [-0.2, 0) is 14.8 Å². The second-order valence-electron chi connectivity index (χ2n) is 6.46. The quantitative estimate of drug-likeness (QED) is 0.799. The number of carbonyl (C=O) groups is 1. The van der Waals surface area contributed by atoms with Gasteiger partial charge in [-0.3, -0.25) is 4.79 Å². The topological polar surface area (TPSA) is 63.7 Å². The normalized spacial score (nSPS) is 11.9. The van der Waals surface area contributed by atoms with E-state index in [-0.39, 0.29) is 15.6 Å². The predicted molar refractivity (Wildman–Crippen MR) is 98.6 cm³/mol. The van der Waals surface area contributed by atoms with E-state index in [1.165, 1.54) is 37.4 Å². The molecule has 0 aliphatic rings. The molecule has 2 rings (SSSR count). The summed E-state index contributed by atoms with van der Waals surface area (Å²) in [5.41, 5.74) is -0.747. The van der Waals surface area contributed by atoms with Gasteiger partial charge < -0.3 is 4.74 Å². The van der Waals surface area contributed by atoms with Crippen LogP contribution in [0.25, 0.3) is 0 Å². The number of benzene rings is 2. The standard InChI is InChI=1S/C18H20ClNO4S/c1-18(2,3)17(21)20(13-10-11-16(24-4)15(19)12-13)25(22,23)14-8-6-5-7-9-14/h5-12H,1-4H3. The van der Waals surface area contributed by atoms with Crippen molar-refractivity contribution >= 4 is 33.2 Å². The molecule has 0 fully saturated rings. The van der Waals surface area contributed by atoms with Gasteiger partial charge in [0.1, 0.15) is 5.75 Å². The molecule has 0 aliphatic carbocycles. The van der Waals surface area contributed by atoms with Crippen LogP contribution in [0.15, 0.2) is 53.4 Å². The van der Waals surface area contributed by atoms with Crippen LogP contribution in [-0.4, -0.2) is 21.4 Å². The number of carbonyl (C=O) groups excluding carboxylic acids is 1. The lowest BCUT2D eigenvalue weighted by Crippen LogP contribution is -2.43. The number of sulfonamides is 1. The Balaban J connectivity index is 2.67. The van der Waals surface area contributed by atoms with Crippen LogP contribution >= 0.6 is 11.6 Å². The van der Waals surface area contributed by atoms with Gasteiger partial charge in [0.15, 0.2) is 0 Å². The van der Waals surface area contributed by atoms with Gasteiger partial charge in [-0.1, -0.05) is 50.6 Å². The molecule has 0 atom stereocenters. The molecule has 7 heteroatoms. The van der Waals surface area contributed by atoms with Gasteiger partial charge in [-0.15, -0.1) is 0 Å². The second kappa shape index (κ2) is 7.06. The summed E-state index contributed by atoms with van der Waals surface area (Å²) in [6.45, 7) is 4.98. The summed E-state index contributed by atoms with van der Waals surface area (Å²) in [5.74, 6) is -0.164. The first-order valence-corrected chi connectivity index (χ1v) is 9.39. The zero-order valence-electron chi connectivity index (χ0n) is 14.5. The van der Waals surface area contributed by atoms with Crippen LogP contribution in [0, 0.1) is 5.41 Å². The smallest absolute Gasteiger partial charge is 0.270 e. The van der Waals surface area contributed by atoms with E-state index in [9.17, 15) is 13.2 Å². The van der Waals surface area contributed by atoms with Gasteiger partial charge in [-0.25, -0.2) is 12.7 Å². The highest BCUT2D eigenvalue weighted by molar-refractivity contribution is 7.93. The number of hydrogen-bond acceptors (Lipinski definition) is 4. The van der Waals surface area contributed by atoms with E-state index >= 15 is 0 Å². The molecule has 0 unspecified atom stereocenters. The molecule has 0 N–H and O–H groups in total. The average molecular weight is 382 g/mol. The van der Waals surface area contributed by atoms with Crippen molar-refractivity contribution in [1.29, 1.82) is 0 Å². The summed E-state index contributed by atoms with van der Waals surface area (Å²) in [6, 6.07) is 12.2. The number of nitrogens with zero attached hydrogens (tertiary/aromatic N) is 1. The van der Waals surface area contributed by atoms with Crippen LogP contribution < -0.4 is 9.04 Å². The molecule has 2 aromatic carbocycles. The molecule has 0 aliphatic heterocycles. The van der Waals surface area contributed by atoms with Crippen LogP contribution in [0.3, 0.4) is 0 Å². The van der Waals surface area contributed by atoms with Crippen LogP contribution in [0.4, 0.5) is 5.69 Å². The molecule has 2 aromatic rings. The van der Waals surface area contributed by atoms with E-state index in [2.05, 4.69) is 0 Å². The Hall–Kier alpha value is -2.05. The van der Waals surface area contributed by atoms with Gasteiger partial charge >= 0.3 is 0 Å². The number of anilines is 1. The van der Waals surface area contributed by atoms with Crippen LogP contribution in [0.2, 0.25) is 5.02 Å². The molecular formula is C18H20ClNO4S. The Bertz CT molecular complexity index is 874. The summed E-state index contributed by atoms with van der Waals surface area (Å²) in [6.07, 6.45) is 0. The minimum Gasteiger partial charge on any atom is -0.495 e. The van der Waals surface area contributed by atoms with Gasteiger partial charge in [0.2, 0.25) is 5.91 Å². The number of rotatable bonds is 4. The molecule has 1 amide bonds. The highest BCUT2D eigenvalue weighted by Crippen LogP contribution is 2.34. The lowest BCUT2D eigenvalue weighted by Gasteiger charge is -2.29. The largest absolute Gasteiger partial charge is 0.495 e. The van der Waals surface area contributed by atoms with E-state index in [1.807, 2.05) is 0 Å². The second-order valence-corrected chi connectivity index (χ2v) is 8.65. The van der Waals surface area contributed by atoms with Gasteiger partial charge in [0, 0.05) is 5.41 Å². The molecule has 0 aromatic heterocycles. The summed E-state index contributed by atoms with van der Waals surface area (Å²) in [7, 11) is -2.63. The number of halogens is 1. The Labute approximate surface area is 153 Å². The van der Waals surface area contributed by atoms with E-state index in [4.69, 9.17) is 16.3 Å². The first kappa shape index (κ1) is 19.3. The maximum absolute atomic E-state index is 13.1. The number of amides is 1. The summed E-state index contributed by atoms with van der Waals surface area (Å²) in [5, 5.41) is 0.218. The summed E-state index contributed by atoms with van der Waals surface area (Å²) in [4.78, 5) is 13.0. The maximum atomic E-state index is 13.1. The molecule has 5 nitrogen and oxygen atoms in total. The predicted octanol–water partition coefficient (Wildman–Crippen LogP) is 4.12. The van der Waals surface area contributed by atoms with E-state index in [0.717, 1.165) is 4.31 Å². The van der Waals surface area contributed by atoms with Crippen molar-refractivity contribution in [1.82, 2.24) is 0 Å². The fourth-order valence-electron chi connectivity index (χ4n) is 2.15. The third kappa shape index (κ3) is 3.96. The Morgan fingerprint density at radius 1 is 1.08 bits per heavy atom. The van der Waals surface area contributed by atoms with Gasteiger partial charge in [-0.05, 0) is 30.3 Å². The SMILES string of the molecule is COc1ccc(N(C(=O)C(C)(C)C)S(=O)(=O)c2ccccc2)cc1Cl. The molecule has 0 heterocycles. The number of methoxy groups -OCH3 is 1. The molecule has 134 valence electrons. The number of hydrogen-bond donors (Lipinski definition) is 0. The first-order chi connectivity index (χ1) is 11.6. The van der Waals surface area contributed by atoms with Gasteiger partial charge in [0.05, 0.1) is 22.7 Å². The zero-order chi connectivity index (χ0) is 18.8. The van der Waals surface area contributed by atoms with E-state index in [1.54, 1.807) is 39.0 Å². The molecule has 0 saturated heterocycles. The highest BCUT2D eigenvalue weighted by atomic mass is 35.5. The van der Waals surface area contributed by atoms with Crippen molar-refractivity contribution in [3.05, 3.63) is 53.6 Å².